The normalized spacial score (nSPS) is 20.6. The molecule has 0 N–H and O–H groups in total. The maximum Gasteiger partial charge on any atom is 0.214 e. The van der Waals surface area contributed by atoms with Gasteiger partial charge in [0.2, 0.25) is 10.8 Å². The number of aromatic nitrogens is 4. The Kier molecular flexibility index (Phi) is 8.75. The zero-order valence-corrected chi connectivity index (χ0v) is 28.8. The summed E-state index contributed by atoms with van der Waals surface area (Å²) in [6.45, 7) is 12.4. The number of benzene rings is 2. The molecule has 0 bridgehead atoms. The number of hydrogen-bond acceptors (Lipinski definition) is 5. The van der Waals surface area contributed by atoms with Crippen LogP contribution in [0.25, 0.3) is 0 Å². The lowest BCUT2D eigenvalue weighted by molar-refractivity contribution is -0.401. The summed E-state index contributed by atoms with van der Waals surface area (Å²) in [5, 5.41) is 13.8. The van der Waals surface area contributed by atoms with Gasteiger partial charge in [-0.3, -0.25) is 0 Å². The molecule has 3 aromatic rings. The minimum Gasteiger partial charge on any atom is -0.347 e. The van der Waals surface area contributed by atoms with Crippen LogP contribution in [0.1, 0.15) is 84.3 Å². The van der Waals surface area contributed by atoms with Crippen molar-refractivity contribution in [1.82, 2.24) is 20.2 Å². The molecule has 1 aromatic heterocycles. The largest absolute Gasteiger partial charge is 0.347 e. The third-order valence-corrected chi connectivity index (χ3v) is 11.1. The van der Waals surface area contributed by atoms with Gasteiger partial charge in [-0.15, -0.1) is 5.10 Å². The van der Waals surface area contributed by atoms with Crippen molar-refractivity contribution in [2.45, 2.75) is 95.7 Å². The number of fused-ring (bicyclic) bond motifs is 2. The van der Waals surface area contributed by atoms with Crippen molar-refractivity contribution in [2.75, 3.05) is 19.0 Å². The molecule has 1 aliphatic carbocycles. The maximum absolute atomic E-state index is 4.50. The Hall–Kier alpha value is -3.71. The molecule has 234 valence electrons. The molecule has 45 heavy (non-hydrogen) atoms. The van der Waals surface area contributed by atoms with Gasteiger partial charge in [0.1, 0.15) is 7.05 Å². The number of para-hydroxylation sites is 2. The van der Waals surface area contributed by atoms with Gasteiger partial charge < -0.3 is 4.90 Å². The van der Waals surface area contributed by atoms with Crippen molar-refractivity contribution >= 4 is 28.8 Å². The van der Waals surface area contributed by atoms with Gasteiger partial charge in [-0.1, -0.05) is 82.2 Å². The summed E-state index contributed by atoms with van der Waals surface area (Å²) in [7, 11) is 4.38. The highest BCUT2D eigenvalue weighted by Crippen LogP contribution is 2.47. The van der Waals surface area contributed by atoms with Gasteiger partial charge in [0.05, 0.1) is 5.41 Å². The van der Waals surface area contributed by atoms with E-state index in [1.165, 1.54) is 62.8 Å². The van der Waals surface area contributed by atoms with Gasteiger partial charge in [-0.2, -0.15) is 4.58 Å². The first-order valence-corrected chi connectivity index (χ1v) is 17.3. The molecule has 0 amide bonds. The predicted molar refractivity (Wildman–Crippen MR) is 188 cm³/mol. The molecule has 3 heterocycles. The molecule has 2 aliphatic heterocycles. The summed E-state index contributed by atoms with van der Waals surface area (Å²) in [6.07, 6.45) is 16.1. The van der Waals surface area contributed by atoms with Crippen LogP contribution in [0.4, 0.5) is 11.4 Å². The Balaban J connectivity index is 1.40. The van der Waals surface area contributed by atoms with Gasteiger partial charge in [0.15, 0.2) is 5.71 Å². The van der Waals surface area contributed by atoms with Gasteiger partial charge in [0, 0.05) is 53.0 Å². The molecule has 0 saturated heterocycles. The summed E-state index contributed by atoms with van der Waals surface area (Å²) in [5.41, 5.74) is 10.5. The zero-order chi connectivity index (χ0) is 31.8. The van der Waals surface area contributed by atoms with Crippen LogP contribution >= 0.6 is 11.8 Å². The fraction of sp³-hybridized carbons (Fsp3) is 0.421. The summed E-state index contributed by atoms with van der Waals surface area (Å²) in [6, 6.07) is 17.6. The minimum atomic E-state index is -0.0650. The highest BCUT2D eigenvalue weighted by atomic mass is 32.2. The van der Waals surface area contributed by atoms with E-state index in [9.17, 15) is 0 Å². The Morgan fingerprint density at radius 3 is 2.42 bits per heavy atom. The number of anilines is 1. The summed E-state index contributed by atoms with van der Waals surface area (Å²) >= 11 is 1.73. The molecule has 0 unspecified atom stereocenters. The van der Waals surface area contributed by atoms with Gasteiger partial charge in [-0.25, -0.2) is 4.68 Å². The molecular weight excluding hydrogens is 573 g/mol. The van der Waals surface area contributed by atoms with Crippen LogP contribution in [0.3, 0.4) is 0 Å². The average molecular weight is 620 g/mol. The Morgan fingerprint density at radius 1 is 0.911 bits per heavy atom. The van der Waals surface area contributed by atoms with Crippen LogP contribution in [0.5, 0.6) is 0 Å². The van der Waals surface area contributed by atoms with Crippen molar-refractivity contribution < 1.29 is 4.58 Å². The first-order chi connectivity index (χ1) is 21.6. The Bertz CT molecular complexity index is 1750. The number of nitrogens with zero attached hydrogens (tertiary/aromatic N) is 6. The second-order valence-electron chi connectivity index (χ2n) is 13.6. The van der Waals surface area contributed by atoms with E-state index < -0.39 is 0 Å². The molecule has 0 radical (unpaired) electrons. The number of likely N-dealkylation sites (N-methyl/N-ethyl adjacent to an activating group) is 1. The van der Waals surface area contributed by atoms with Crippen LogP contribution in [-0.4, -0.2) is 44.6 Å². The molecule has 0 spiro atoms. The van der Waals surface area contributed by atoms with Crippen LogP contribution in [0.15, 0.2) is 99.7 Å². The van der Waals surface area contributed by atoms with E-state index in [1.807, 2.05) is 4.68 Å². The molecule has 2 aromatic carbocycles. The van der Waals surface area contributed by atoms with Crippen LogP contribution < -0.4 is 4.90 Å². The van der Waals surface area contributed by atoms with E-state index in [4.69, 9.17) is 0 Å². The quantitative estimate of drug-likeness (QED) is 0.177. The highest BCUT2D eigenvalue weighted by Gasteiger charge is 2.42. The third-order valence-electron chi connectivity index (χ3n) is 9.91. The zero-order valence-electron chi connectivity index (χ0n) is 28.0. The van der Waals surface area contributed by atoms with Gasteiger partial charge in [-0.05, 0) is 90.6 Å². The van der Waals surface area contributed by atoms with E-state index in [-0.39, 0.29) is 10.8 Å². The molecule has 0 fully saturated rings. The van der Waals surface area contributed by atoms with Crippen LogP contribution in [-0.2, 0) is 17.4 Å². The second-order valence-corrected chi connectivity index (χ2v) is 14.5. The molecule has 0 atom stereocenters. The number of aryl methyl sites for hydroxylation is 1. The first-order valence-electron chi connectivity index (χ1n) is 16.5. The lowest BCUT2D eigenvalue weighted by Crippen LogP contribution is -2.26. The summed E-state index contributed by atoms with van der Waals surface area (Å²) in [5.74, 6) is 0. The number of allylic oxidation sites excluding steroid dienone is 7. The Morgan fingerprint density at radius 2 is 1.67 bits per heavy atom. The monoisotopic (exact) mass is 619 g/mol. The number of unbranched alkanes of at least 4 members (excludes halogenated alkanes) is 2. The van der Waals surface area contributed by atoms with Crippen molar-refractivity contribution in [2.24, 2.45) is 0 Å². The molecule has 6 nitrogen and oxygen atoms in total. The topological polar surface area (TPSA) is 49.9 Å². The lowest BCUT2D eigenvalue weighted by atomic mass is 9.81. The lowest BCUT2D eigenvalue weighted by Gasteiger charge is -2.25. The predicted octanol–water partition coefficient (Wildman–Crippen LogP) is 8.89. The van der Waals surface area contributed by atoms with E-state index in [0.29, 0.717) is 0 Å². The molecule has 7 heteroatoms. The number of tetrazole rings is 1. The number of hydrogen-bond donors (Lipinski definition) is 0. The van der Waals surface area contributed by atoms with Crippen molar-refractivity contribution in [3.8, 4) is 0 Å². The van der Waals surface area contributed by atoms with Gasteiger partial charge in [0.25, 0.3) is 0 Å². The SMILES string of the molecule is CCCCCn1nnnc1SC1=C(/C=C/C2=[N+](C)c3ccccc3C2(C)C)CCC/C1=C\C=C1\N(C)c2ccccc2C1(C)C. The standard InChI is InChI=1S/C38H47N6S/c1-8-9-14-26-44-36(39-40-41-44)45-35-27(22-24-33-37(2,3)29-18-10-12-20-31(29)42(33)6)16-15-17-28(35)23-25-34-38(4,5)30-19-11-13-21-32(30)43(34)7/h10-13,18-25H,8-9,14-17,26H2,1-7H3/q+1. The highest BCUT2D eigenvalue weighted by molar-refractivity contribution is 8.03. The number of rotatable bonds is 9. The molecule has 6 rings (SSSR count). The fourth-order valence-electron chi connectivity index (χ4n) is 7.33. The van der Waals surface area contributed by atoms with E-state index in [2.05, 4.69) is 147 Å². The smallest absolute Gasteiger partial charge is 0.214 e. The van der Waals surface area contributed by atoms with Crippen LogP contribution in [0.2, 0.25) is 0 Å². The van der Waals surface area contributed by atoms with E-state index in [0.717, 1.165) is 37.4 Å². The van der Waals surface area contributed by atoms with E-state index in [1.54, 1.807) is 11.8 Å². The maximum atomic E-state index is 4.50. The molecule has 3 aliphatic rings. The number of thioether (sulfide) groups is 1. The molecular formula is C38H47N6S+. The fourth-order valence-corrected chi connectivity index (χ4v) is 8.42. The average Bonchev–Trinajstić information content (AvgIpc) is 3.61. The first kappa shape index (κ1) is 31.3. The van der Waals surface area contributed by atoms with Crippen molar-refractivity contribution in [3.05, 3.63) is 106 Å². The van der Waals surface area contributed by atoms with Crippen molar-refractivity contribution in [3.63, 3.8) is 0 Å². The Labute approximate surface area is 273 Å². The van der Waals surface area contributed by atoms with Crippen LogP contribution in [0, 0.1) is 0 Å². The minimum absolute atomic E-state index is 0.0650. The van der Waals surface area contributed by atoms with E-state index >= 15 is 0 Å². The molecule has 0 saturated carbocycles. The van der Waals surface area contributed by atoms with Crippen molar-refractivity contribution in [1.29, 1.82) is 0 Å². The third kappa shape index (κ3) is 5.76. The second kappa shape index (κ2) is 12.6. The van der Waals surface area contributed by atoms with Gasteiger partial charge >= 0.3 is 0 Å². The summed E-state index contributed by atoms with van der Waals surface area (Å²) in [4.78, 5) is 3.64. The summed E-state index contributed by atoms with van der Waals surface area (Å²) < 4.78 is 4.34.